The van der Waals surface area contributed by atoms with Crippen LogP contribution in [0.2, 0.25) is 0 Å². The first-order valence-electron chi connectivity index (χ1n) is 6.93. The second-order valence-corrected chi connectivity index (χ2v) is 6.72. The van der Waals surface area contributed by atoms with E-state index < -0.39 is 0 Å². The molecule has 1 aliphatic rings. The lowest BCUT2D eigenvalue weighted by atomic mass is 9.73. The maximum absolute atomic E-state index is 5.86. The second-order valence-electron chi connectivity index (χ2n) is 6.72. The summed E-state index contributed by atoms with van der Waals surface area (Å²) >= 11 is 0. The SMILES string of the molecule is CC1CCC(C(COC(C)(C)C)NN)CC1C. The van der Waals surface area contributed by atoms with E-state index in [9.17, 15) is 0 Å². The van der Waals surface area contributed by atoms with Crippen molar-refractivity contribution >= 4 is 0 Å². The molecule has 1 saturated carbocycles. The van der Waals surface area contributed by atoms with Gasteiger partial charge in [-0.2, -0.15) is 0 Å². The van der Waals surface area contributed by atoms with Crippen LogP contribution >= 0.6 is 0 Å². The van der Waals surface area contributed by atoms with E-state index in [4.69, 9.17) is 10.6 Å². The summed E-state index contributed by atoms with van der Waals surface area (Å²) in [5, 5.41) is 0. The van der Waals surface area contributed by atoms with Crippen molar-refractivity contribution in [1.29, 1.82) is 0 Å². The Morgan fingerprint density at radius 1 is 1.24 bits per heavy atom. The third-order valence-electron chi connectivity index (χ3n) is 4.12. The average molecular weight is 242 g/mol. The van der Waals surface area contributed by atoms with Gasteiger partial charge in [-0.1, -0.05) is 20.3 Å². The van der Waals surface area contributed by atoms with Crippen LogP contribution in [-0.2, 0) is 4.74 Å². The summed E-state index contributed by atoms with van der Waals surface area (Å²) in [6.45, 7) is 11.7. The van der Waals surface area contributed by atoms with E-state index in [0.717, 1.165) is 11.8 Å². The average Bonchev–Trinajstić information content (AvgIpc) is 2.22. The lowest BCUT2D eigenvalue weighted by Gasteiger charge is -2.37. The van der Waals surface area contributed by atoms with Gasteiger partial charge in [0.25, 0.3) is 0 Å². The molecule has 4 unspecified atom stereocenters. The van der Waals surface area contributed by atoms with Crippen LogP contribution in [0.5, 0.6) is 0 Å². The molecule has 0 radical (unpaired) electrons. The fraction of sp³-hybridized carbons (Fsp3) is 1.00. The van der Waals surface area contributed by atoms with Gasteiger partial charge in [0.05, 0.1) is 12.2 Å². The first kappa shape index (κ1) is 14.9. The molecule has 0 aliphatic heterocycles. The summed E-state index contributed by atoms with van der Waals surface area (Å²) < 4.78 is 5.86. The van der Waals surface area contributed by atoms with Gasteiger partial charge in [0.1, 0.15) is 0 Å². The predicted octanol–water partition coefficient (Wildman–Crippen LogP) is 2.71. The Labute approximate surface area is 106 Å². The monoisotopic (exact) mass is 242 g/mol. The van der Waals surface area contributed by atoms with Crippen LogP contribution in [0.3, 0.4) is 0 Å². The molecular formula is C14H30N2O. The van der Waals surface area contributed by atoms with Gasteiger partial charge in [-0.15, -0.1) is 0 Å². The number of ether oxygens (including phenoxy) is 1. The van der Waals surface area contributed by atoms with Crippen molar-refractivity contribution in [3.63, 3.8) is 0 Å². The third-order valence-corrected chi connectivity index (χ3v) is 4.12. The van der Waals surface area contributed by atoms with Gasteiger partial charge < -0.3 is 4.74 Å². The molecule has 1 aliphatic carbocycles. The van der Waals surface area contributed by atoms with E-state index in [1.165, 1.54) is 19.3 Å². The Hall–Kier alpha value is -0.120. The molecule has 17 heavy (non-hydrogen) atoms. The fourth-order valence-electron chi connectivity index (χ4n) is 2.61. The van der Waals surface area contributed by atoms with Crippen molar-refractivity contribution in [2.75, 3.05) is 6.61 Å². The summed E-state index contributed by atoms with van der Waals surface area (Å²) in [7, 11) is 0. The molecule has 102 valence electrons. The first-order valence-corrected chi connectivity index (χ1v) is 6.93. The third kappa shape index (κ3) is 4.94. The summed E-state index contributed by atoms with van der Waals surface area (Å²) in [6.07, 6.45) is 3.86. The van der Waals surface area contributed by atoms with Crippen molar-refractivity contribution in [2.24, 2.45) is 23.6 Å². The molecule has 3 N–H and O–H groups in total. The molecule has 4 atom stereocenters. The minimum Gasteiger partial charge on any atom is -0.374 e. The minimum absolute atomic E-state index is 0.0807. The molecule has 0 aromatic carbocycles. The van der Waals surface area contributed by atoms with Crippen molar-refractivity contribution in [3.8, 4) is 0 Å². The number of hydrogen-bond donors (Lipinski definition) is 2. The van der Waals surface area contributed by atoms with Crippen molar-refractivity contribution < 1.29 is 4.74 Å². The van der Waals surface area contributed by atoms with Gasteiger partial charge in [0.2, 0.25) is 0 Å². The van der Waals surface area contributed by atoms with E-state index in [0.29, 0.717) is 18.6 Å². The van der Waals surface area contributed by atoms with E-state index in [2.05, 4.69) is 40.0 Å². The molecule has 0 spiro atoms. The van der Waals surface area contributed by atoms with E-state index in [-0.39, 0.29) is 5.60 Å². The maximum Gasteiger partial charge on any atom is 0.0642 e. The maximum atomic E-state index is 5.86. The largest absolute Gasteiger partial charge is 0.374 e. The van der Waals surface area contributed by atoms with Crippen LogP contribution < -0.4 is 11.3 Å². The number of hydrazine groups is 1. The summed E-state index contributed by atoms with van der Waals surface area (Å²) in [5.74, 6) is 8.00. The zero-order chi connectivity index (χ0) is 13.1. The van der Waals surface area contributed by atoms with Crippen LogP contribution in [0.1, 0.15) is 53.9 Å². The molecule has 0 bridgehead atoms. The first-order chi connectivity index (χ1) is 7.83. The molecule has 1 fully saturated rings. The molecule has 1 rings (SSSR count). The van der Waals surface area contributed by atoms with E-state index in [1.54, 1.807) is 0 Å². The number of rotatable bonds is 4. The predicted molar refractivity (Wildman–Crippen MR) is 72.5 cm³/mol. The fourth-order valence-corrected chi connectivity index (χ4v) is 2.61. The molecule has 0 amide bonds. The zero-order valence-corrected chi connectivity index (χ0v) is 12.1. The van der Waals surface area contributed by atoms with Crippen molar-refractivity contribution in [3.05, 3.63) is 0 Å². The van der Waals surface area contributed by atoms with Crippen molar-refractivity contribution in [1.82, 2.24) is 5.43 Å². The summed E-state index contributed by atoms with van der Waals surface area (Å²) in [4.78, 5) is 0. The van der Waals surface area contributed by atoms with Crippen LogP contribution in [0.4, 0.5) is 0 Å². The van der Waals surface area contributed by atoms with Crippen LogP contribution in [0.15, 0.2) is 0 Å². The Balaban J connectivity index is 2.45. The number of hydrogen-bond acceptors (Lipinski definition) is 3. The van der Waals surface area contributed by atoms with Gasteiger partial charge in [-0.25, -0.2) is 0 Å². The van der Waals surface area contributed by atoms with Crippen LogP contribution in [0, 0.1) is 17.8 Å². The van der Waals surface area contributed by atoms with E-state index >= 15 is 0 Å². The lowest BCUT2D eigenvalue weighted by molar-refractivity contribution is -0.0277. The van der Waals surface area contributed by atoms with Gasteiger partial charge >= 0.3 is 0 Å². The van der Waals surface area contributed by atoms with Gasteiger partial charge in [-0.05, 0) is 51.4 Å². The summed E-state index contributed by atoms with van der Waals surface area (Å²) in [6, 6.07) is 0.296. The summed E-state index contributed by atoms with van der Waals surface area (Å²) in [5.41, 5.74) is 2.87. The molecule has 0 saturated heterocycles. The molecule has 3 heteroatoms. The molecule has 3 nitrogen and oxygen atoms in total. The van der Waals surface area contributed by atoms with Gasteiger partial charge in [0.15, 0.2) is 0 Å². The van der Waals surface area contributed by atoms with Gasteiger partial charge in [0, 0.05) is 6.04 Å². The quantitative estimate of drug-likeness (QED) is 0.588. The highest BCUT2D eigenvalue weighted by atomic mass is 16.5. The molecule has 0 heterocycles. The van der Waals surface area contributed by atoms with Crippen molar-refractivity contribution in [2.45, 2.75) is 65.5 Å². The Morgan fingerprint density at radius 3 is 2.35 bits per heavy atom. The van der Waals surface area contributed by atoms with Crippen LogP contribution in [-0.4, -0.2) is 18.2 Å². The molecule has 0 aromatic heterocycles. The van der Waals surface area contributed by atoms with E-state index in [1.807, 2.05) is 0 Å². The number of nitrogens with one attached hydrogen (secondary N) is 1. The standard InChI is InChI=1S/C14H30N2O/c1-10-6-7-12(8-11(10)2)13(16-15)9-17-14(3,4)5/h10-13,16H,6-9,15H2,1-5H3. The molecular weight excluding hydrogens is 212 g/mol. The van der Waals surface area contributed by atoms with Gasteiger partial charge in [-0.3, -0.25) is 11.3 Å². The zero-order valence-electron chi connectivity index (χ0n) is 12.1. The second kappa shape index (κ2) is 6.17. The Kier molecular flexibility index (Phi) is 5.42. The Bertz CT molecular complexity index is 225. The normalized spacial score (nSPS) is 32.5. The smallest absolute Gasteiger partial charge is 0.0642 e. The molecule has 0 aromatic rings. The highest BCUT2D eigenvalue weighted by molar-refractivity contribution is 4.83. The highest BCUT2D eigenvalue weighted by Gasteiger charge is 2.30. The number of nitrogens with two attached hydrogens (primary N) is 1. The van der Waals surface area contributed by atoms with Crippen LogP contribution in [0.25, 0.3) is 0 Å². The Morgan fingerprint density at radius 2 is 1.88 bits per heavy atom. The lowest BCUT2D eigenvalue weighted by Crippen LogP contribution is -2.47. The minimum atomic E-state index is -0.0807. The highest BCUT2D eigenvalue weighted by Crippen LogP contribution is 2.35. The topological polar surface area (TPSA) is 47.3 Å².